The molecule has 0 aliphatic carbocycles. The third-order valence-electron chi connectivity index (χ3n) is 3.64. The van der Waals surface area contributed by atoms with Crippen molar-refractivity contribution in [2.45, 2.75) is 26.3 Å². The second kappa shape index (κ2) is 8.72. The van der Waals surface area contributed by atoms with Crippen molar-refractivity contribution in [1.29, 1.82) is 0 Å². The number of aryl methyl sites for hydroxylation is 1. The lowest BCUT2D eigenvalue weighted by Crippen LogP contribution is -2.43. The van der Waals surface area contributed by atoms with Crippen LogP contribution in [0.15, 0.2) is 54.6 Å². The van der Waals surface area contributed by atoms with Crippen LogP contribution in [0.1, 0.15) is 31.0 Å². The molecule has 0 spiro atoms. The Labute approximate surface area is 142 Å². The van der Waals surface area contributed by atoms with Crippen LogP contribution in [0.25, 0.3) is 0 Å². The monoisotopic (exact) mass is 325 g/mol. The largest absolute Gasteiger partial charge is 0.370 e. The summed E-state index contributed by atoms with van der Waals surface area (Å²) in [6, 6.07) is 16.1. The first-order chi connectivity index (χ1) is 11.6. The summed E-state index contributed by atoms with van der Waals surface area (Å²) in [7, 11) is 0. The molecule has 2 rings (SSSR count). The van der Waals surface area contributed by atoms with Crippen molar-refractivity contribution < 1.29 is 9.59 Å². The van der Waals surface area contributed by atoms with Gasteiger partial charge in [0.2, 0.25) is 0 Å². The maximum atomic E-state index is 12.5. The van der Waals surface area contributed by atoms with Gasteiger partial charge in [0, 0.05) is 12.2 Å². The number of imide groups is 1. The summed E-state index contributed by atoms with van der Waals surface area (Å²) in [6.07, 6.45) is 0.958. The van der Waals surface area contributed by atoms with Crippen LogP contribution in [-0.2, 0) is 11.2 Å². The fourth-order valence-electron chi connectivity index (χ4n) is 2.34. The fourth-order valence-corrected chi connectivity index (χ4v) is 2.34. The lowest BCUT2D eigenvalue weighted by Gasteiger charge is -2.20. The number of urea groups is 1. The molecule has 2 aromatic rings. The molecule has 0 fully saturated rings. The van der Waals surface area contributed by atoms with Crippen LogP contribution < -0.4 is 16.0 Å². The number of hydrogen-bond donors (Lipinski definition) is 3. The second-order valence-electron chi connectivity index (χ2n) is 5.39. The van der Waals surface area contributed by atoms with E-state index in [1.807, 2.05) is 54.6 Å². The zero-order chi connectivity index (χ0) is 17.4. The van der Waals surface area contributed by atoms with Gasteiger partial charge in [-0.25, -0.2) is 4.79 Å². The Morgan fingerprint density at radius 2 is 1.62 bits per heavy atom. The summed E-state index contributed by atoms with van der Waals surface area (Å²) in [6.45, 7) is 4.35. The molecule has 24 heavy (non-hydrogen) atoms. The summed E-state index contributed by atoms with van der Waals surface area (Å²) in [5, 5.41) is 8.14. The number of nitrogens with one attached hydrogen (secondary N) is 3. The number of amides is 3. The van der Waals surface area contributed by atoms with Gasteiger partial charge >= 0.3 is 6.03 Å². The van der Waals surface area contributed by atoms with Crippen LogP contribution in [0.4, 0.5) is 10.5 Å². The summed E-state index contributed by atoms with van der Waals surface area (Å²) in [4.78, 5) is 24.2. The van der Waals surface area contributed by atoms with Gasteiger partial charge < -0.3 is 10.6 Å². The van der Waals surface area contributed by atoms with E-state index < -0.39 is 18.0 Å². The number of rotatable bonds is 6. The zero-order valence-corrected chi connectivity index (χ0v) is 14.0. The van der Waals surface area contributed by atoms with Gasteiger partial charge in [-0.05, 0) is 36.6 Å². The van der Waals surface area contributed by atoms with Gasteiger partial charge in [0.1, 0.15) is 6.04 Å². The predicted molar refractivity (Wildman–Crippen MR) is 95.8 cm³/mol. The first-order valence-electron chi connectivity index (χ1n) is 8.13. The minimum atomic E-state index is -0.652. The average molecular weight is 325 g/mol. The Balaban J connectivity index is 2.19. The molecule has 3 N–H and O–H groups in total. The molecule has 0 unspecified atom stereocenters. The van der Waals surface area contributed by atoms with Gasteiger partial charge in [-0.2, -0.15) is 0 Å². The van der Waals surface area contributed by atoms with Gasteiger partial charge in [0.25, 0.3) is 5.91 Å². The molecule has 0 aromatic heterocycles. The third-order valence-corrected chi connectivity index (χ3v) is 3.64. The Bertz CT molecular complexity index is 669. The molecule has 5 nitrogen and oxygen atoms in total. The normalized spacial score (nSPS) is 11.4. The van der Waals surface area contributed by atoms with Crippen LogP contribution in [0.2, 0.25) is 0 Å². The molecule has 5 heteroatoms. The molecule has 0 aliphatic rings. The van der Waals surface area contributed by atoms with E-state index in [0.29, 0.717) is 6.54 Å². The molecule has 0 saturated carbocycles. The van der Waals surface area contributed by atoms with Crippen molar-refractivity contribution in [3.05, 3.63) is 65.7 Å². The quantitative estimate of drug-likeness (QED) is 0.763. The maximum Gasteiger partial charge on any atom is 0.321 e. The van der Waals surface area contributed by atoms with Crippen molar-refractivity contribution in [1.82, 2.24) is 10.6 Å². The third kappa shape index (κ3) is 4.84. The molecule has 0 heterocycles. The molecular formula is C19H23N3O2. The van der Waals surface area contributed by atoms with E-state index in [1.165, 1.54) is 5.56 Å². The van der Waals surface area contributed by atoms with Crippen molar-refractivity contribution in [3.8, 4) is 0 Å². The summed E-state index contributed by atoms with van der Waals surface area (Å²) < 4.78 is 0. The van der Waals surface area contributed by atoms with Crippen LogP contribution in [0.3, 0.4) is 0 Å². The molecule has 3 amide bonds. The minimum absolute atomic E-state index is 0.397. The van der Waals surface area contributed by atoms with Gasteiger partial charge in [-0.15, -0.1) is 0 Å². The van der Waals surface area contributed by atoms with E-state index >= 15 is 0 Å². The van der Waals surface area contributed by atoms with E-state index in [1.54, 1.807) is 6.92 Å². The van der Waals surface area contributed by atoms with Crippen LogP contribution in [0, 0.1) is 0 Å². The summed E-state index contributed by atoms with van der Waals surface area (Å²) in [5.74, 6) is -0.397. The molecule has 0 saturated heterocycles. The first-order valence-corrected chi connectivity index (χ1v) is 8.13. The fraction of sp³-hybridized carbons (Fsp3) is 0.263. The number of hydrogen-bond acceptors (Lipinski definition) is 3. The standard InChI is InChI=1S/C19H23N3O2/c1-3-14-10-12-16(13-11-14)21-17(15-8-6-5-7-9-15)18(23)22-19(24)20-4-2/h5-13,17,21H,3-4H2,1-2H3,(H2,20,22,23,24)/t17-/m1/s1. The number of carbonyl (C=O) groups is 2. The van der Waals surface area contributed by atoms with Gasteiger partial charge in [-0.1, -0.05) is 49.4 Å². The van der Waals surface area contributed by atoms with Crippen molar-refractivity contribution >= 4 is 17.6 Å². The SMILES string of the molecule is CCNC(=O)NC(=O)[C@H](Nc1ccc(CC)cc1)c1ccccc1. The highest BCUT2D eigenvalue weighted by Gasteiger charge is 2.22. The zero-order valence-electron chi connectivity index (χ0n) is 14.0. The number of benzene rings is 2. The highest BCUT2D eigenvalue weighted by atomic mass is 16.2. The Morgan fingerprint density at radius 1 is 0.958 bits per heavy atom. The van der Waals surface area contributed by atoms with E-state index in [2.05, 4.69) is 22.9 Å². The number of anilines is 1. The summed E-state index contributed by atoms with van der Waals surface area (Å²) in [5.41, 5.74) is 2.84. The Kier molecular flexibility index (Phi) is 6.37. The average Bonchev–Trinajstić information content (AvgIpc) is 2.61. The van der Waals surface area contributed by atoms with Crippen LogP contribution in [-0.4, -0.2) is 18.5 Å². The Hall–Kier alpha value is -2.82. The highest BCUT2D eigenvalue weighted by molar-refractivity contribution is 5.98. The Morgan fingerprint density at radius 3 is 2.21 bits per heavy atom. The number of carbonyl (C=O) groups excluding carboxylic acids is 2. The van der Waals surface area contributed by atoms with Gasteiger partial charge in [0.15, 0.2) is 0 Å². The minimum Gasteiger partial charge on any atom is -0.370 e. The van der Waals surface area contributed by atoms with E-state index in [0.717, 1.165) is 17.7 Å². The van der Waals surface area contributed by atoms with Crippen LogP contribution in [0.5, 0.6) is 0 Å². The molecule has 1 atom stereocenters. The van der Waals surface area contributed by atoms with Gasteiger partial charge in [0.05, 0.1) is 0 Å². The highest BCUT2D eigenvalue weighted by Crippen LogP contribution is 2.20. The topological polar surface area (TPSA) is 70.2 Å². The molecule has 0 aliphatic heterocycles. The summed E-state index contributed by atoms with van der Waals surface area (Å²) >= 11 is 0. The van der Waals surface area contributed by atoms with E-state index in [9.17, 15) is 9.59 Å². The van der Waals surface area contributed by atoms with Gasteiger partial charge in [-0.3, -0.25) is 10.1 Å². The van der Waals surface area contributed by atoms with Crippen LogP contribution >= 0.6 is 0 Å². The first kappa shape index (κ1) is 17.5. The van der Waals surface area contributed by atoms with Crippen molar-refractivity contribution in [2.24, 2.45) is 0 Å². The lowest BCUT2D eigenvalue weighted by molar-refractivity contribution is -0.120. The predicted octanol–water partition coefficient (Wildman–Crippen LogP) is 3.25. The lowest BCUT2D eigenvalue weighted by atomic mass is 10.1. The smallest absolute Gasteiger partial charge is 0.321 e. The molecular weight excluding hydrogens is 302 g/mol. The van der Waals surface area contributed by atoms with E-state index in [-0.39, 0.29) is 0 Å². The van der Waals surface area contributed by atoms with Crippen molar-refractivity contribution in [3.63, 3.8) is 0 Å². The molecule has 0 bridgehead atoms. The molecule has 2 aromatic carbocycles. The second-order valence-corrected chi connectivity index (χ2v) is 5.39. The van der Waals surface area contributed by atoms with E-state index in [4.69, 9.17) is 0 Å². The maximum absolute atomic E-state index is 12.5. The molecule has 126 valence electrons. The molecule has 0 radical (unpaired) electrons. The van der Waals surface area contributed by atoms with Crippen molar-refractivity contribution in [2.75, 3.05) is 11.9 Å².